The lowest BCUT2D eigenvalue weighted by Crippen LogP contribution is -1.85. The van der Waals surface area contributed by atoms with Crippen LogP contribution in [0.5, 0.6) is 0 Å². The fourth-order valence-corrected chi connectivity index (χ4v) is 2.66. The third kappa shape index (κ3) is 1.36. The second-order valence-electron chi connectivity index (χ2n) is 2.88. The molecular formula is C10H9FS2. The first-order valence-corrected chi connectivity index (χ1v) is 5.44. The summed E-state index contributed by atoms with van der Waals surface area (Å²) in [5.41, 5.74) is 1.06. The zero-order chi connectivity index (χ0) is 9.42. The van der Waals surface area contributed by atoms with Gasteiger partial charge in [-0.2, -0.15) is 0 Å². The van der Waals surface area contributed by atoms with Crippen molar-refractivity contribution in [3.05, 3.63) is 28.9 Å². The van der Waals surface area contributed by atoms with Crippen molar-refractivity contribution in [2.24, 2.45) is 0 Å². The summed E-state index contributed by atoms with van der Waals surface area (Å²) in [6.07, 6.45) is 0.859. The molecule has 1 aromatic carbocycles. The molecule has 0 bridgehead atoms. The number of halogens is 1. The van der Waals surface area contributed by atoms with Crippen molar-refractivity contribution >= 4 is 34.1 Å². The van der Waals surface area contributed by atoms with E-state index in [2.05, 4.69) is 12.6 Å². The summed E-state index contributed by atoms with van der Waals surface area (Å²) >= 11 is 5.69. The second kappa shape index (κ2) is 3.31. The van der Waals surface area contributed by atoms with Crippen LogP contribution in [0.4, 0.5) is 4.39 Å². The van der Waals surface area contributed by atoms with E-state index in [9.17, 15) is 4.39 Å². The van der Waals surface area contributed by atoms with E-state index in [1.165, 1.54) is 0 Å². The zero-order valence-corrected chi connectivity index (χ0v) is 8.88. The number of aryl methyl sites for hydroxylation is 1. The molecule has 0 aliphatic carbocycles. The minimum Gasteiger partial charge on any atom is -0.206 e. The Balaban J connectivity index is 2.87. The molecule has 0 spiro atoms. The normalized spacial score (nSPS) is 11.0. The maximum Gasteiger partial charge on any atom is 0.138 e. The van der Waals surface area contributed by atoms with E-state index in [0.29, 0.717) is 4.90 Å². The van der Waals surface area contributed by atoms with Crippen LogP contribution in [0.25, 0.3) is 10.1 Å². The molecule has 0 saturated carbocycles. The number of fused-ring (bicyclic) bond motifs is 1. The summed E-state index contributed by atoms with van der Waals surface area (Å²) < 4.78 is 14.3. The van der Waals surface area contributed by atoms with Gasteiger partial charge in [-0.1, -0.05) is 6.92 Å². The van der Waals surface area contributed by atoms with Gasteiger partial charge >= 0.3 is 0 Å². The molecule has 0 aliphatic rings. The third-order valence-electron chi connectivity index (χ3n) is 2.13. The van der Waals surface area contributed by atoms with Gasteiger partial charge < -0.3 is 0 Å². The first kappa shape index (κ1) is 9.03. The number of rotatable bonds is 1. The molecule has 0 atom stereocenters. The molecule has 0 aliphatic heterocycles. The SMILES string of the molecule is CCc1cc(F)c(S)c2sccc12. The highest BCUT2D eigenvalue weighted by Gasteiger charge is 2.09. The third-order valence-corrected chi connectivity index (χ3v) is 3.65. The molecule has 2 rings (SSSR count). The summed E-state index contributed by atoms with van der Waals surface area (Å²) in [5, 5.41) is 3.11. The van der Waals surface area contributed by atoms with Gasteiger partial charge in [-0.25, -0.2) is 4.39 Å². The van der Waals surface area contributed by atoms with Crippen LogP contribution in [-0.4, -0.2) is 0 Å². The van der Waals surface area contributed by atoms with E-state index >= 15 is 0 Å². The lowest BCUT2D eigenvalue weighted by Gasteiger charge is -2.03. The van der Waals surface area contributed by atoms with E-state index < -0.39 is 0 Å². The van der Waals surface area contributed by atoms with E-state index in [1.807, 2.05) is 18.4 Å². The van der Waals surface area contributed by atoms with E-state index in [0.717, 1.165) is 22.1 Å². The van der Waals surface area contributed by atoms with Crippen molar-refractivity contribution in [1.29, 1.82) is 0 Å². The van der Waals surface area contributed by atoms with E-state index in [1.54, 1.807) is 17.4 Å². The predicted molar refractivity (Wildman–Crippen MR) is 58.4 cm³/mol. The van der Waals surface area contributed by atoms with Gasteiger partial charge in [-0.15, -0.1) is 24.0 Å². The molecule has 0 N–H and O–H groups in total. The standard InChI is InChI=1S/C10H9FS2/c1-2-6-5-8(11)9(12)10-7(6)3-4-13-10/h3-5,12H,2H2,1H3. The Morgan fingerprint density at radius 2 is 2.31 bits per heavy atom. The molecule has 0 fully saturated rings. The van der Waals surface area contributed by atoms with Crippen molar-refractivity contribution in [3.8, 4) is 0 Å². The highest BCUT2D eigenvalue weighted by atomic mass is 32.1. The number of hydrogen-bond acceptors (Lipinski definition) is 2. The Morgan fingerprint density at radius 3 is 3.00 bits per heavy atom. The molecule has 0 radical (unpaired) electrons. The van der Waals surface area contributed by atoms with Crippen LogP contribution in [0, 0.1) is 5.82 Å². The van der Waals surface area contributed by atoms with Gasteiger partial charge in [0.15, 0.2) is 0 Å². The Morgan fingerprint density at radius 1 is 1.54 bits per heavy atom. The molecule has 0 nitrogen and oxygen atoms in total. The van der Waals surface area contributed by atoms with Crippen molar-refractivity contribution in [3.63, 3.8) is 0 Å². The van der Waals surface area contributed by atoms with Gasteiger partial charge in [0.1, 0.15) is 5.82 Å². The Bertz CT molecular complexity index is 445. The minimum atomic E-state index is -0.213. The minimum absolute atomic E-state index is 0.213. The van der Waals surface area contributed by atoms with Crippen LogP contribution >= 0.6 is 24.0 Å². The molecular weight excluding hydrogens is 203 g/mol. The largest absolute Gasteiger partial charge is 0.206 e. The molecule has 0 unspecified atom stereocenters. The molecule has 1 aromatic heterocycles. The van der Waals surface area contributed by atoms with Gasteiger partial charge in [0.2, 0.25) is 0 Å². The quantitative estimate of drug-likeness (QED) is 0.681. The van der Waals surface area contributed by atoms with E-state index in [-0.39, 0.29) is 5.82 Å². The Hall–Kier alpha value is -0.540. The zero-order valence-electron chi connectivity index (χ0n) is 7.17. The summed E-state index contributed by atoms with van der Waals surface area (Å²) in [5.74, 6) is -0.213. The summed E-state index contributed by atoms with van der Waals surface area (Å²) in [7, 11) is 0. The van der Waals surface area contributed by atoms with Gasteiger partial charge in [-0.3, -0.25) is 0 Å². The second-order valence-corrected chi connectivity index (χ2v) is 4.25. The van der Waals surface area contributed by atoms with Crippen molar-refractivity contribution in [2.75, 3.05) is 0 Å². The average Bonchev–Trinajstić information content (AvgIpc) is 2.60. The number of benzene rings is 1. The summed E-state index contributed by atoms with van der Waals surface area (Å²) in [6.45, 7) is 2.03. The van der Waals surface area contributed by atoms with Gasteiger partial charge in [-0.05, 0) is 34.9 Å². The Kier molecular flexibility index (Phi) is 2.30. The van der Waals surface area contributed by atoms with Crippen molar-refractivity contribution in [2.45, 2.75) is 18.2 Å². The van der Waals surface area contributed by atoms with E-state index in [4.69, 9.17) is 0 Å². The lowest BCUT2D eigenvalue weighted by molar-refractivity contribution is 0.605. The molecule has 0 saturated heterocycles. The fourth-order valence-electron chi connectivity index (χ4n) is 1.45. The summed E-state index contributed by atoms with van der Waals surface area (Å²) in [6, 6.07) is 3.61. The maximum absolute atomic E-state index is 13.3. The Labute approximate surface area is 85.8 Å². The summed E-state index contributed by atoms with van der Waals surface area (Å²) in [4.78, 5) is 0.474. The van der Waals surface area contributed by atoms with Gasteiger partial charge in [0.25, 0.3) is 0 Å². The smallest absolute Gasteiger partial charge is 0.138 e. The first-order chi connectivity index (χ1) is 6.24. The molecule has 0 amide bonds. The van der Waals surface area contributed by atoms with Crippen LogP contribution in [0.3, 0.4) is 0 Å². The maximum atomic E-state index is 13.3. The molecule has 2 aromatic rings. The van der Waals surface area contributed by atoms with Crippen LogP contribution in [0.1, 0.15) is 12.5 Å². The predicted octanol–water partition coefficient (Wildman–Crippen LogP) is 3.89. The van der Waals surface area contributed by atoms with Gasteiger partial charge in [0, 0.05) is 0 Å². The van der Waals surface area contributed by atoms with Crippen molar-refractivity contribution < 1.29 is 4.39 Å². The monoisotopic (exact) mass is 212 g/mol. The molecule has 68 valence electrons. The number of thiol groups is 1. The fraction of sp³-hybridized carbons (Fsp3) is 0.200. The highest BCUT2D eigenvalue weighted by Crippen LogP contribution is 2.32. The molecule has 3 heteroatoms. The van der Waals surface area contributed by atoms with Gasteiger partial charge in [0.05, 0.1) is 9.60 Å². The number of hydrogen-bond donors (Lipinski definition) is 1. The van der Waals surface area contributed by atoms with Crippen LogP contribution in [-0.2, 0) is 6.42 Å². The molecule has 13 heavy (non-hydrogen) atoms. The highest BCUT2D eigenvalue weighted by molar-refractivity contribution is 7.80. The van der Waals surface area contributed by atoms with Crippen molar-refractivity contribution in [1.82, 2.24) is 0 Å². The molecule has 1 heterocycles. The average molecular weight is 212 g/mol. The van der Waals surface area contributed by atoms with Crippen LogP contribution in [0.2, 0.25) is 0 Å². The number of thiophene rings is 1. The first-order valence-electron chi connectivity index (χ1n) is 4.11. The lowest BCUT2D eigenvalue weighted by atomic mass is 10.1. The van der Waals surface area contributed by atoms with Crippen LogP contribution < -0.4 is 0 Å². The van der Waals surface area contributed by atoms with Crippen LogP contribution in [0.15, 0.2) is 22.4 Å². The topological polar surface area (TPSA) is 0 Å².